The van der Waals surface area contributed by atoms with Gasteiger partial charge in [0.25, 0.3) is 9.13 Å². The summed E-state index contributed by atoms with van der Waals surface area (Å²) in [5, 5.41) is 0. The average molecular weight is 105 g/mol. The third kappa shape index (κ3) is 2.39. The summed E-state index contributed by atoms with van der Waals surface area (Å²) in [6.07, 6.45) is 0. The van der Waals surface area contributed by atoms with E-state index >= 15 is 0 Å². The van der Waals surface area contributed by atoms with Crippen LogP contribution in [0, 0.1) is 0 Å². The summed E-state index contributed by atoms with van der Waals surface area (Å²) < 4.78 is 12.0. The van der Waals surface area contributed by atoms with E-state index in [4.69, 9.17) is 0 Å². The first kappa shape index (κ1) is 6.15. The Labute approximate surface area is 40.2 Å². The van der Waals surface area contributed by atoms with Crippen molar-refractivity contribution < 1.29 is 4.11 Å². The van der Waals surface area contributed by atoms with E-state index in [2.05, 4.69) is 0 Å². The molecule has 6 heavy (non-hydrogen) atoms. The van der Waals surface area contributed by atoms with Gasteiger partial charge in [0, 0.05) is 0 Å². The Morgan fingerprint density at radius 1 is 1.33 bits per heavy atom. The maximum absolute atomic E-state index is 12.0. The molecule has 0 spiro atoms. The molecule has 0 nitrogen and oxygen atoms in total. The molecule has 0 aromatic rings. The maximum Gasteiger partial charge on any atom is 0.270 e. The van der Waals surface area contributed by atoms with Crippen LogP contribution < -0.4 is 0 Å². The largest absolute Gasteiger partial charge is 0.314 e. The van der Waals surface area contributed by atoms with Gasteiger partial charge in [-0.15, -0.1) is 0 Å². The number of hydrogen-bond donors (Lipinski definition) is 0. The van der Waals surface area contributed by atoms with E-state index in [1.165, 1.54) is 0 Å². The highest BCUT2D eigenvalue weighted by Crippen LogP contribution is 1.96. The van der Waals surface area contributed by atoms with Crippen molar-refractivity contribution in [2.24, 2.45) is 0 Å². The van der Waals surface area contributed by atoms with E-state index in [0.717, 1.165) is 12.1 Å². The summed E-state index contributed by atoms with van der Waals surface area (Å²) >= 11 is 0. The van der Waals surface area contributed by atoms with Crippen LogP contribution in [0.15, 0.2) is 0 Å². The van der Waals surface area contributed by atoms with Crippen LogP contribution >= 0.6 is 0 Å². The molecule has 0 heterocycles. The molecular weight excluding hydrogens is 95.1 g/mol. The van der Waals surface area contributed by atoms with Gasteiger partial charge in [0.05, 0.1) is 0 Å². The number of hydrogen-bond acceptors (Lipinski definition) is 0. The molecule has 2 heteroatoms. The normalized spacial score (nSPS) is 10.0. The van der Waals surface area contributed by atoms with E-state index in [1.54, 1.807) is 0 Å². The molecule has 0 aliphatic heterocycles. The van der Waals surface area contributed by atoms with Gasteiger partial charge >= 0.3 is 0 Å². The second-order valence-electron chi connectivity index (χ2n) is 1.22. The van der Waals surface area contributed by atoms with Crippen molar-refractivity contribution in [3.63, 3.8) is 0 Å². The minimum Gasteiger partial charge on any atom is -0.314 e. The van der Waals surface area contributed by atoms with Gasteiger partial charge in [0.2, 0.25) is 0 Å². The van der Waals surface area contributed by atoms with Crippen molar-refractivity contribution in [3.05, 3.63) is 0 Å². The molecule has 1 radical (unpaired) electrons. The first-order valence-corrected chi connectivity index (χ1v) is 4.10. The zero-order valence-corrected chi connectivity index (χ0v) is 5.29. The molecule has 0 atom stereocenters. The van der Waals surface area contributed by atoms with Crippen molar-refractivity contribution in [3.8, 4) is 0 Å². The van der Waals surface area contributed by atoms with Crippen molar-refractivity contribution in [1.82, 2.24) is 0 Å². The zero-order chi connectivity index (χ0) is 4.99. The first-order chi connectivity index (χ1) is 2.81. The molecule has 0 saturated carbocycles. The Bertz CT molecular complexity index is 26.7. The lowest BCUT2D eigenvalue weighted by Gasteiger charge is -1.89. The highest BCUT2D eigenvalue weighted by molar-refractivity contribution is 6.50. The smallest absolute Gasteiger partial charge is 0.270 e. The van der Waals surface area contributed by atoms with Crippen LogP contribution in [0.1, 0.15) is 13.8 Å². The lowest BCUT2D eigenvalue weighted by atomic mass is 11.0. The van der Waals surface area contributed by atoms with Crippen molar-refractivity contribution in [2.75, 3.05) is 0 Å². The summed E-state index contributed by atoms with van der Waals surface area (Å²) in [7, 11) is -1.37. The Hall–Kier alpha value is 0.147. The molecule has 0 aliphatic rings. The van der Waals surface area contributed by atoms with E-state index in [9.17, 15) is 4.11 Å². The van der Waals surface area contributed by atoms with Crippen molar-refractivity contribution in [2.45, 2.75) is 25.9 Å². The van der Waals surface area contributed by atoms with Gasteiger partial charge in [-0.25, -0.2) is 0 Å². The Morgan fingerprint density at radius 3 is 1.67 bits per heavy atom. The zero-order valence-electron chi connectivity index (χ0n) is 4.29. The fourth-order valence-corrected chi connectivity index (χ4v) is 0.750. The Kier molecular flexibility index (Phi) is 3.42. The van der Waals surface area contributed by atoms with Crippen LogP contribution in [0.4, 0.5) is 4.11 Å². The average Bonchev–Trinajstić information content (AvgIpc) is 1.65. The predicted molar refractivity (Wildman–Crippen MR) is 27.8 cm³/mol. The highest BCUT2D eigenvalue weighted by atomic mass is 28.3. The summed E-state index contributed by atoms with van der Waals surface area (Å²) in [5.74, 6) is 0. The topological polar surface area (TPSA) is 0 Å². The van der Waals surface area contributed by atoms with E-state index in [1.807, 2.05) is 13.8 Å². The van der Waals surface area contributed by atoms with Gasteiger partial charge in [-0.2, -0.15) is 0 Å². The van der Waals surface area contributed by atoms with Crippen LogP contribution in [-0.2, 0) is 0 Å². The molecule has 0 amide bonds. The lowest BCUT2D eigenvalue weighted by Crippen LogP contribution is -1.97. The third-order valence-electron chi connectivity index (χ3n) is 0.767. The summed E-state index contributed by atoms with van der Waals surface area (Å²) in [4.78, 5) is 0. The molecule has 0 aliphatic carbocycles. The van der Waals surface area contributed by atoms with E-state index in [0.29, 0.717) is 0 Å². The van der Waals surface area contributed by atoms with Crippen LogP contribution in [0.2, 0.25) is 12.1 Å². The fraction of sp³-hybridized carbons (Fsp3) is 1.00. The lowest BCUT2D eigenvalue weighted by molar-refractivity contribution is 0.813. The Balaban J connectivity index is 2.75. The van der Waals surface area contributed by atoms with Gasteiger partial charge in [-0.3, -0.25) is 0 Å². The van der Waals surface area contributed by atoms with Gasteiger partial charge in [0.1, 0.15) is 0 Å². The quantitative estimate of drug-likeness (QED) is 0.372. The number of halogens is 1. The summed E-state index contributed by atoms with van der Waals surface area (Å²) in [6.45, 7) is 3.80. The second kappa shape index (κ2) is 3.34. The fourth-order valence-electron chi connectivity index (χ4n) is 0.250. The van der Waals surface area contributed by atoms with Crippen LogP contribution in [0.3, 0.4) is 0 Å². The number of rotatable bonds is 2. The van der Waals surface area contributed by atoms with Crippen LogP contribution in [0.5, 0.6) is 0 Å². The maximum atomic E-state index is 12.0. The van der Waals surface area contributed by atoms with Crippen LogP contribution in [0.25, 0.3) is 0 Å². The van der Waals surface area contributed by atoms with Gasteiger partial charge in [-0.1, -0.05) is 13.8 Å². The van der Waals surface area contributed by atoms with Crippen molar-refractivity contribution >= 4 is 9.13 Å². The molecule has 0 aromatic carbocycles. The minimum absolute atomic E-state index is 0.765. The molecule has 0 fully saturated rings. The highest BCUT2D eigenvalue weighted by Gasteiger charge is 2.00. The molecule has 0 N–H and O–H groups in total. The molecule has 37 valence electrons. The molecule has 0 bridgehead atoms. The minimum atomic E-state index is -1.37. The van der Waals surface area contributed by atoms with E-state index in [-0.39, 0.29) is 0 Å². The van der Waals surface area contributed by atoms with Crippen LogP contribution in [-0.4, -0.2) is 9.13 Å². The SMILES string of the molecule is CC[Si](F)CC. The Morgan fingerprint density at radius 2 is 1.67 bits per heavy atom. The second-order valence-corrected chi connectivity index (χ2v) is 3.67. The molecule has 0 aromatic heterocycles. The summed E-state index contributed by atoms with van der Waals surface area (Å²) in [6, 6.07) is 1.53. The van der Waals surface area contributed by atoms with E-state index < -0.39 is 9.13 Å². The van der Waals surface area contributed by atoms with Gasteiger partial charge in [0.15, 0.2) is 0 Å². The predicted octanol–water partition coefficient (Wildman–Crippen LogP) is 1.99. The van der Waals surface area contributed by atoms with Gasteiger partial charge < -0.3 is 4.11 Å². The first-order valence-electron chi connectivity index (χ1n) is 2.31. The molecular formula is C4H10FSi. The summed E-state index contributed by atoms with van der Waals surface area (Å²) in [5.41, 5.74) is 0. The third-order valence-corrected chi connectivity index (χ3v) is 2.30. The molecule has 0 unspecified atom stereocenters. The van der Waals surface area contributed by atoms with Crippen molar-refractivity contribution in [1.29, 1.82) is 0 Å². The molecule has 0 rings (SSSR count). The standard InChI is InChI=1S/C4H10FSi/c1-3-6(5)4-2/h3-4H2,1-2H3. The van der Waals surface area contributed by atoms with Gasteiger partial charge in [-0.05, 0) is 12.1 Å². The molecule has 0 saturated heterocycles. The monoisotopic (exact) mass is 105 g/mol.